The summed E-state index contributed by atoms with van der Waals surface area (Å²) in [6, 6.07) is 16.7. The lowest BCUT2D eigenvalue weighted by atomic mass is 9.75. The molecule has 4 rings (SSSR count). The average Bonchev–Trinajstić information content (AvgIpc) is 2.80. The monoisotopic (exact) mass is 531 g/mol. The van der Waals surface area contributed by atoms with Crippen LogP contribution in [-0.4, -0.2) is 35.8 Å². The number of hydrogen-bond donors (Lipinski definition) is 1. The van der Waals surface area contributed by atoms with Gasteiger partial charge in [-0.05, 0) is 47.7 Å². The van der Waals surface area contributed by atoms with Crippen molar-refractivity contribution < 1.29 is 33.6 Å². The molecule has 2 nitrogen and oxygen atoms in total. The third-order valence-corrected chi connectivity index (χ3v) is 7.66. The van der Waals surface area contributed by atoms with Crippen LogP contribution >= 0.6 is 23.2 Å². The molecule has 2 heterocycles. The van der Waals surface area contributed by atoms with E-state index in [2.05, 4.69) is 14.1 Å². The molecular formula is C23H28Cl2INO. The Bertz CT molecular complexity index is 745. The van der Waals surface area contributed by atoms with Crippen molar-refractivity contribution in [1.29, 1.82) is 0 Å². The van der Waals surface area contributed by atoms with Crippen LogP contribution in [0.1, 0.15) is 43.2 Å². The van der Waals surface area contributed by atoms with E-state index in [1.807, 2.05) is 48.5 Å². The maximum Gasteiger partial charge on any atom is 0.115 e. The molecular weight excluding hydrogens is 504 g/mol. The van der Waals surface area contributed by atoms with Crippen LogP contribution in [0, 0.1) is 5.92 Å². The second kappa shape index (κ2) is 8.43. The average molecular weight is 532 g/mol. The Balaban J connectivity index is 0.00000225. The van der Waals surface area contributed by atoms with Crippen molar-refractivity contribution in [3.63, 3.8) is 0 Å². The lowest BCUT2D eigenvalue weighted by Gasteiger charge is -2.46. The van der Waals surface area contributed by atoms with Crippen LogP contribution < -0.4 is 24.0 Å². The molecule has 0 amide bonds. The zero-order valence-electron chi connectivity index (χ0n) is 16.4. The van der Waals surface area contributed by atoms with E-state index in [0.29, 0.717) is 28.0 Å². The van der Waals surface area contributed by atoms with E-state index in [9.17, 15) is 5.11 Å². The summed E-state index contributed by atoms with van der Waals surface area (Å²) in [5, 5.41) is 13.3. The highest BCUT2D eigenvalue weighted by Crippen LogP contribution is 2.47. The number of hydrogen-bond acceptors (Lipinski definition) is 1. The van der Waals surface area contributed by atoms with Gasteiger partial charge in [0.15, 0.2) is 0 Å². The van der Waals surface area contributed by atoms with Crippen LogP contribution in [-0.2, 0) is 5.60 Å². The van der Waals surface area contributed by atoms with Gasteiger partial charge >= 0.3 is 0 Å². The molecule has 2 unspecified atom stereocenters. The molecule has 2 aromatic rings. The molecule has 2 bridgehead atoms. The van der Waals surface area contributed by atoms with E-state index in [4.69, 9.17) is 23.2 Å². The molecule has 28 heavy (non-hydrogen) atoms. The number of aliphatic hydroxyl groups is 1. The summed E-state index contributed by atoms with van der Waals surface area (Å²) in [7, 11) is 4.76. The SMILES string of the molecule is C[N+]1(C)C2CCC1CC(CC(O)(c1ccc(Cl)cc1)c1ccc(Cl)cc1)C2.[I-]. The summed E-state index contributed by atoms with van der Waals surface area (Å²) in [5.74, 6) is 0.519. The molecule has 0 aromatic heterocycles. The molecule has 2 saturated heterocycles. The zero-order valence-corrected chi connectivity index (χ0v) is 20.1. The fourth-order valence-electron chi connectivity index (χ4n) is 5.43. The molecule has 2 fully saturated rings. The van der Waals surface area contributed by atoms with Gasteiger partial charge in [0.25, 0.3) is 0 Å². The minimum absolute atomic E-state index is 0. The van der Waals surface area contributed by atoms with Crippen molar-refractivity contribution in [2.45, 2.75) is 49.8 Å². The van der Waals surface area contributed by atoms with Gasteiger partial charge in [-0.2, -0.15) is 0 Å². The van der Waals surface area contributed by atoms with Crippen molar-refractivity contribution in [1.82, 2.24) is 0 Å². The Hall–Kier alpha value is -0.330. The van der Waals surface area contributed by atoms with E-state index in [1.54, 1.807) is 0 Å². The molecule has 152 valence electrons. The van der Waals surface area contributed by atoms with Crippen LogP contribution in [0.4, 0.5) is 0 Å². The summed E-state index contributed by atoms with van der Waals surface area (Å²) in [4.78, 5) is 0. The van der Waals surface area contributed by atoms with Gasteiger partial charge in [-0.15, -0.1) is 0 Å². The van der Waals surface area contributed by atoms with Crippen molar-refractivity contribution in [2.24, 2.45) is 5.92 Å². The predicted octanol–water partition coefficient (Wildman–Crippen LogP) is 2.64. The lowest BCUT2D eigenvalue weighted by molar-refractivity contribution is -0.931. The van der Waals surface area contributed by atoms with Crippen LogP contribution in [0.3, 0.4) is 0 Å². The van der Waals surface area contributed by atoms with Crippen LogP contribution in [0.5, 0.6) is 0 Å². The molecule has 2 aromatic carbocycles. The highest BCUT2D eigenvalue weighted by atomic mass is 127. The Morgan fingerprint density at radius 2 is 1.25 bits per heavy atom. The Labute approximate surface area is 195 Å². The summed E-state index contributed by atoms with van der Waals surface area (Å²) < 4.78 is 1.15. The highest BCUT2D eigenvalue weighted by molar-refractivity contribution is 6.30. The molecule has 0 spiro atoms. The van der Waals surface area contributed by atoms with Crippen molar-refractivity contribution in [2.75, 3.05) is 14.1 Å². The number of fused-ring (bicyclic) bond motifs is 2. The van der Waals surface area contributed by atoms with Crippen molar-refractivity contribution in [3.05, 3.63) is 69.7 Å². The summed E-state index contributed by atoms with van der Waals surface area (Å²) in [5.41, 5.74) is 0.787. The first-order chi connectivity index (χ1) is 12.8. The summed E-state index contributed by atoms with van der Waals surface area (Å²) >= 11 is 12.2. The van der Waals surface area contributed by atoms with E-state index < -0.39 is 5.60 Å². The highest BCUT2D eigenvalue weighted by Gasteiger charge is 2.50. The minimum Gasteiger partial charge on any atom is -1.00 e. The number of rotatable bonds is 4. The van der Waals surface area contributed by atoms with Gasteiger partial charge in [0, 0.05) is 35.7 Å². The standard InChI is InChI=1S/C23H28Cl2NO.HI/c1-26(2)21-11-12-22(26)14-16(13-21)15-23(27,17-3-7-19(24)8-4-17)18-5-9-20(25)10-6-18;/h3-10,16,21-22,27H,11-15H2,1-2H3;1H/q+1;/p-1. The molecule has 0 saturated carbocycles. The summed E-state index contributed by atoms with van der Waals surface area (Å²) in [6.07, 6.45) is 5.74. The number of halogens is 3. The molecule has 2 aliphatic heterocycles. The van der Waals surface area contributed by atoms with Gasteiger partial charge in [0.2, 0.25) is 0 Å². The van der Waals surface area contributed by atoms with E-state index in [1.165, 1.54) is 25.7 Å². The Morgan fingerprint density at radius 1 is 0.857 bits per heavy atom. The fourth-order valence-corrected chi connectivity index (χ4v) is 5.68. The maximum absolute atomic E-state index is 11.9. The van der Waals surface area contributed by atoms with Gasteiger partial charge in [-0.1, -0.05) is 47.5 Å². The largest absolute Gasteiger partial charge is 1.00 e. The van der Waals surface area contributed by atoms with E-state index in [-0.39, 0.29) is 24.0 Å². The molecule has 1 N–H and O–H groups in total. The van der Waals surface area contributed by atoms with Gasteiger partial charge < -0.3 is 33.6 Å². The van der Waals surface area contributed by atoms with Crippen molar-refractivity contribution in [3.8, 4) is 0 Å². The zero-order chi connectivity index (χ0) is 19.2. The molecule has 5 heteroatoms. The van der Waals surface area contributed by atoms with Gasteiger partial charge in [0.05, 0.1) is 26.2 Å². The van der Waals surface area contributed by atoms with Gasteiger partial charge in [-0.3, -0.25) is 0 Å². The lowest BCUT2D eigenvalue weighted by Crippen LogP contribution is -3.00. The smallest absolute Gasteiger partial charge is 0.115 e. The molecule has 2 atom stereocenters. The predicted molar refractivity (Wildman–Crippen MR) is 112 cm³/mol. The van der Waals surface area contributed by atoms with E-state index >= 15 is 0 Å². The van der Waals surface area contributed by atoms with E-state index in [0.717, 1.165) is 22.0 Å². The molecule has 2 aliphatic rings. The summed E-state index contributed by atoms with van der Waals surface area (Å²) in [6.45, 7) is 0. The minimum atomic E-state index is -1.02. The first-order valence-corrected chi connectivity index (χ1v) is 10.6. The molecule has 0 aliphatic carbocycles. The third kappa shape index (κ3) is 4.11. The Kier molecular flexibility index (Phi) is 6.73. The topological polar surface area (TPSA) is 20.2 Å². The first kappa shape index (κ1) is 22.4. The van der Waals surface area contributed by atoms with Crippen molar-refractivity contribution >= 4 is 23.2 Å². The third-order valence-electron chi connectivity index (χ3n) is 7.15. The number of benzene rings is 2. The second-order valence-electron chi connectivity index (χ2n) is 8.93. The maximum atomic E-state index is 11.9. The number of nitrogens with zero attached hydrogens (tertiary/aromatic N) is 1. The van der Waals surface area contributed by atoms with Gasteiger partial charge in [-0.25, -0.2) is 0 Å². The fraction of sp³-hybridized carbons (Fsp3) is 0.478. The molecule has 0 radical (unpaired) electrons. The second-order valence-corrected chi connectivity index (χ2v) is 9.80. The van der Waals surface area contributed by atoms with Crippen LogP contribution in [0.25, 0.3) is 0 Å². The number of quaternary nitrogens is 1. The Morgan fingerprint density at radius 3 is 1.64 bits per heavy atom. The van der Waals surface area contributed by atoms with Gasteiger partial charge in [0.1, 0.15) is 5.60 Å². The van der Waals surface area contributed by atoms with Crippen LogP contribution in [0.2, 0.25) is 10.0 Å². The first-order valence-electron chi connectivity index (χ1n) is 9.87. The normalized spacial score (nSPS) is 26.0. The quantitative estimate of drug-likeness (QED) is 0.475. The van der Waals surface area contributed by atoms with Crippen LogP contribution in [0.15, 0.2) is 48.5 Å². The number of piperidine rings is 1.